The minimum Gasteiger partial charge on any atom is -0.361 e. The fourth-order valence-electron chi connectivity index (χ4n) is 3.76. The van der Waals surface area contributed by atoms with Gasteiger partial charge in [0.15, 0.2) is 0 Å². The lowest BCUT2D eigenvalue weighted by atomic mass is 10.2. The number of aromatic amines is 1. The molecule has 164 valence electrons. The van der Waals surface area contributed by atoms with Gasteiger partial charge in [0.1, 0.15) is 0 Å². The van der Waals surface area contributed by atoms with Crippen molar-refractivity contribution in [3.63, 3.8) is 0 Å². The number of fused-ring (bicyclic) bond motifs is 1. The van der Waals surface area contributed by atoms with Crippen LogP contribution in [0.2, 0.25) is 5.02 Å². The summed E-state index contributed by atoms with van der Waals surface area (Å²) in [5.74, 6) is -0.702. The third-order valence-corrected chi connectivity index (χ3v) is 6.81. The summed E-state index contributed by atoms with van der Waals surface area (Å²) in [6.45, 7) is 0. The van der Waals surface area contributed by atoms with Crippen LogP contribution < -0.4 is 10.2 Å². The summed E-state index contributed by atoms with van der Waals surface area (Å²) in [6, 6.07) is 21.3. The van der Waals surface area contributed by atoms with Crippen molar-refractivity contribution in [3.05, 3.63) is 89.6 Å². The maximum atomic E-state index is 13.0. The molecule has 1 fully saturated rings. The largest absolute Gasteiger partial charge is 0.361 e. The molecule has 1 unspecified atom stereocenters. The monoisotopic (exact) mass is 475 g/mol. The van der Waals surface area contributed by atoms with Gasteiger partial charge in [-0.2, -0.15) is 0 Å². The highest BCUT2D eigenvalue weighted by molar-refractivity contribution is 8.00. The van der Waals surface area contributed by atoms with Gasteiger partial charge in [0.05, 0.1) is 10.9 Å². The smallest absolute Gasteiger partial charge is 0.255 e. The number of hydrogen-bond donors (Lipinski definition) is 2. The molecule has 1 aromatic heterocycles. The van der Waals surface area contributed by atoms with Gasteiger partial charge in [-0.15, -0.1) is 11.8 Å². The molecule has 4 aromatic rings. The fraction of sp³-hybridized carbons (Fsp3) is 0.0800. The predicted octanol–water partition coefficient (Wildman–Crippen LogP) is 5.50. The number of rotatable bonds is 5. The van der Waals surface area contributed by atoms with E-state index in [0.29, 0.717) is 22.0 Å². The second kappa shape index (κ2) is 8.77. The lowest BCUT2D eigenvalue weighted by Gasteiger charge is -2.15. The third-order valence-electron chi connectivity index (χ3n) is 5.38. The molecule has 0 aliphatic carbocycles. The minimum atomic E-state index is -0.497. The Labute approximate surface area is 198 Å². The number of thioether (sulfide) groups is 1. The second-order valence-corrected chi connectivity index (χ2v) is 9.33. The first-order valence-corrected chi connectivity index (χ1v) is 11.5. The van der Waals surface area contributed by atoms with Gasteiger partial charge in [0, 0.05) is 39.3 Å². The maximum absolute atomic E-state index is 13.0. The first-order valence-electron chi connectivity index (χ1n) is 10.3. The zero-order chi connectivity index (χ0) is 22.9. The molecule has 2 heterocycles. The van der Waals surface area contributed by atoms with Gasteiger partial charge < -0.3 is 10.3 Å². The topological polar surface area (TPSA) is 82.3 Å². The van der Waals surface area contributed by atoms with Crippen molar-refractivity contribution in [1.29, 1.82) is 0 Å². The van der Waals surface area contributed by atoms with Gasteiger partial charge in [-0.25, -0.2) is 4.90 Å². The van der Waals surface area contributed by atoms with E-state index in [1.807, 2.05) is 36.5 Å². The van der Waals surface area contributed by atoms with E-state index >= 15 is 0 Å². The number of anilines is 2. The molecular weight excluding hydrogens is 458 g/mol. The normalized spacial score (nSPS) is 15.9. The quantitative estimate of drug-likeness (QED) is 0.373. The number of halogens is 1. The summed E-state index contributed by atoms with van der Waals surface area (Å²) in [6.07, 6.45) is 1.96. The molecule has 1 aliphatic heterocycles. The minimum absolute atomic E-state index is 0.138. The van der Waals surface area contributed by atoms with Gasteiger partial charge in [0.25, 0.3) is 5.91 Å². The molecule has 6 nitrogen and oxygen atoms in total. The van der Waals surface area contributed by atoms with Gasteiger partial charge in [-0.1, -0.05) is 23.7 Å². The average molecular weight is 476 g/mol. The van der Waals surface area contributed by atoms with E-state index in [1.54, 1.807) is 42.5 Å². The Morgan fingerprint density at radius 2 is 1.85 bits per heavy atom. The molecule has 1 aliphatic rings. The fourth-order valence-corrected chi connectivity index (χ4v) is 5.00. The number of carbonyl (C=O) groups is 3. The molecule has 1 saturated heterocycles. The van der Waals surface area contributed by atoms with E-state index in [0.717, 1.165) is 15.8 Å². The van der Waals surface area contributed by atoms with Crippen molar-refractivity contribution in [1.82, 2.24) is 4.98 Å². The Morgan fingerprint density at radius 3 is 2.64 bits per heavy atom. The highest BCUT2D eigenvalue weighted by Crippen LogP contribution is 2.35. The Bertz CT molecular complexity index is 1380. The highest BCUT2D eigenvalue weighted by atomic mass is 35.5. The van der Waals surface area contributed by atoms with Crippen LogP contribution in [-0.2, 0) is 9.59 Å². The van der Waals surface area contributed by atoms with E-state index in [-0.39, 0.29) is 24.1 Å². The summed E-state index contributed by atoms with van der Waals surface area (Å²) >= 11 is 7.29. The molecule has 2 N–H and O–H groups in total. The van der Waals surface area contributed by atoms with E-state index in [1.165, 1.54) is 16.7 Å². The van der Waals surface area contributed by atoms with Crippen LogP contribution in [0.3, 0.4) is 0 Å². The standard InChI is InChI=1S/C25H18ClN3O3S/c26-17-3-1-2-16(12-17)24(31)28-18-5-8-20(9-6-18)33-22-14-23(30)29(25(22)32)19-7-4-15-10-11-27-21(15)13-19/h1-13,22,27H,14H2,(H,28,31). The summed E-state index contributed by atoms with van der Waals surface area (Å²) in [5, 5.41) is 3.84. The van der Waals surface area contributed by atoms with Crippen molar-refractivity contribution in [2.75, 3.05) is 10.2 Å². The van der Waals surface area contributed by atoms with E-state index < -0.39 is 5.25 Å². The van der Waals surface area contributed by atoms with Crippen LogP contribution in [0.25, 0.3) is 10.9 Å². The molecule has 0 bridgehead atoms. The van der Waals surface area contributed by atoms with Crippen molar-refractivity contribution in [2.24, 2.45) is 0 Å². The van der Waals surface area contributed by atoms with Crippen molar-refractivity contribution in [3.8, 4) is 0 Å². The van der Waals surface area contributed by atoms with Crippen LogP contribution >= 0.6 is 23.4 Å². The van der Waals surface area contributed by atoms with Crippen LogP contribution in [0.1, 0.15) is 16.8 Å². The lowest BCUT2D eigenvalue weighted by molar-refractivity contribution is -0.121. The predicted molar refractivity (Wildman–Crippen MR) is 131 cm³/mol. The third kappa shape index (κ3) is 4.37. The van der Waals surface area contributed by atoms with Crippen LogP contribution in [0.5, 0.6) is 0 Å². The number of aromatic nitrogens is 1. The SMILES string of the molecule is O=C(Nc1ccc(SC2CC(=O)N(c3ccc4cc[nH]c4c3)C2=O)cc1)c1cccc(Cl)c1. The number of H-pyrrole nitrogens is 1. The number of nitrogens with one attached hydrogen (secondary N) is 2. The van der Waals surface area contributed by atoms with Gasteiger partial charge in [-0.05, 0) is 66.0 Å². The van der Waals surface area contributed by atoms with Crippen LogP contribution in [0.15, 0.2) is 83.9 Å². The Balaban J connectivity index is 1.26. The number of nitrogens with zero attached hydrogens (tertiary/aromatic N) is 1. The molecule has 3 amide bonds. The number of amides is 3. The van der Waals surface area contributed by atoms with Crippen molar-refractivity contribution in [2.45, 2.75) is 16.6 Å². The molecule has 33 heavy (non-hydrogen) atoms. The van der Waals surface area contributed by atoms with E-state index in [4.69, 9.17) is 11.6 Å². The number of benzene rings is 3. The molecule has 3 aromatic carbocycles. The Morgan fingerprint density at radius 1 is 1.03 bits per heavy atom. The zero-order valence-corrected chi connectivity index (χ0v) is 18.8. The van der Waals surface area contributed by atoms with Crippen molar-refractivity contribution >= 4 is 63.4 Å². The molecule has 5 rings (SSSR count). The summed E-state index contributed by atoms with van der Waals surface area (Å²) in [5.41, 5.74) is 2.54. The molecule has 0 radical (unpaired) electrons. The first-order chi connectivity index (χ1) is 16.0. The molecule has 1 atom stereocenters. The molecular formula is C25H18ClN3O3S. The molecule has 8 heteroatoms. The average Bonchev–Trinajstić information content (AvgIpc) is 3.38. The lowest BCUT2D eigenvalue weighted by Crippen LogP contribution is -2.31. The van der Waals surface area contributed by atoms with Gasteiger partial charge in [-0.3, -0.25) is 14.4 Å². The summed E-state index contributed by atoms with van der Waals surface area (Å²) < 4.78 is 0. The maximum Gasteiger partial charge on any atom is 0.255 e. The van der Waals surface area contributed by atoms with Crippen molar-refractivity contribution < 1.29 is 14.4 Å². The molecule has 0 spiro atoms. The number of carbonyl (C=O) groups excluding carboxylic acids is 3. The van der Waals surface area contributed by atoms with Crippen LogP contribution in [0.4, 0.5) is 11.4 Å². The number of hydrogen-bond acceptors (Lipinski definition) is 4. The zero-order valence-electron chi connectivity index (χ0n) is 17.2. The van der Waals surface area contributed by atoms with Crippen LogP contribution in [-0.4, -0.2) is 28.0 Å². The summed E-state index contributed by atoms with van der Waals surface area (Å²) in [4.78, 5) is 43.2. The van der Waals surface area contributed by atoms with E-state index in [2.05, 4.69) is 10.3 Å². The molecule has 0 saturated carbocycles. The Hall–Kier alpha value is -3.55. The Kier molecular flexibility index (Phi) is 5.66. The van der Waals surface area contributed by atoms with E-state index in [9.17, 15) is 14.4 Å². The second-order valence-electron chi connectivity index (χ2n) is 7.62. The van der Waals surface area contributed by atoms with Gasteiger partial charge >= 0.3 is 0 Å². The first kappa shape index (κ1) is 21.3. The number of imide groups is 1. The van der Waals surface area contributed by atoms with Crippen LogP contribution in [0, 0.1) is 0 Å². The highest BCUT2D eigenvalue weighted by Gasteiger charge is 2.40. The van der Waals surface area contributed by atoms with Gasteiger partial charge in [0.2, 0.25) is 11.8 Å². The summed E-state index contributed by atoms with van der Waals surface area (Å²) in [7, 11) is 0.